The third-order valence-corrected chi connectivity index (χ3v) is 4.39. The Morgan fingerprint density at radius 2 is 1.81 bits per heavy atom. The Kier molecular flexibility index (Phi) is 3.05. The lowest BCUT2D eigenvalue weighted by Crippen LogP contribution is -2.65. The standard InChI is InChI=1S/C16H18BN3O/c17-13-3-1-12(2-4-13)15-6-5-14(18-19-15)7-20-8-16(9-20)10-21-11-16/h1-6H,7-11,17H2. The molecule has 0 unspecified atom stereocenters. The summed E-state index contributed by atoms with van der Waals surface area (Å²) in [6.07, 6.45) is 0. The molecule has 1 aromatic carbocycles. The molecular weight excluding hydrogens is 261 g/mol. The van der Waals surface area contributed by atoms with E-state index in [4.69, 9.17) is 4.74 Å². The van der Waals surface area contributed by atoms with Crippen molar-refractivity contribution in [2.45, 2.75) is 6.54 Å². The number of hydrogen-bond acceptors (Lipinski definition) is 4. The molecule has 2 aliphatic heterocycles. The lowest BCUT2D eigenvalue weighted by atomic mass is 9.78. The van der Waals surface area contributed by atoms with E-state index in [0.717, 1.165) is 49.8 Å². The molecule has 4 nitrogen and oxygen atoms in total. The molecule has 21 heavy (non-hydrogen) atoms. The van der Waals surface area contributed by atoms with Crippen LogP contribution in [0.2, 0.25) is 0 Å². The van der Waals surface area contributed by atoms with Crippen LogP contribution in [0.4, 0.5) is 0 Å². The van der Waals surface area contributed by atoms with Crippen molar-refractivity contribution < 1.29 is 4.74 Å². The van der Waals surface area contributed by atoms with Crippen molar-refractivity contribution in [3.63, 3.8) is 0 Å². The molecule has 0 aliphatic carbocycles. The van der Waals surface area contributed by atoms with Gasteiger partial charge in [-0.25, -0.2) is 0 Å². The van der Waals surface area contributed by atoms with Gasteiger partial charge < -0.3 is 4.74 Å². The highest BCUT2D eigenvalue weighted by Gasteiger charge is 2.48. The number of aromatic nitrogens is 2. The van der Waals surface area contributed by atoms with Crippen LogP contribution in [0, 0.1) is 5.41 Å². The first-order chi connectivity index (χ1) is 10.2. The smallest absolute Gasteiger partial charge is 0.139 e. The second kappa shape index (κ2) is 4.93. The fourth-order valence-electron chi connectivity index (χ4n) is 3.14. The van der Waals surface area contributed by atoms with Crippen LogP contribution in [0.25, 0.3) is 11.3 Å². The van der Waals surface area contributed by atoms with Gasteiger partial charge in [-0.3, -0.25) is 4.90 Å². The molecule has 5 heteroatoms. The van der Waals surface area contributed by atoms with E-state index in [9.17, 15) is 0 Å². The van der Waals surface area contributed by atoms with Gasteiger partial charge in [0.25, 0.3) is 0 Å². The monoisotopic (exact) mass is 279 g/mol. The van der Waals surface area contributed by atoms with Crippen molar-refractivity contribution in [3.05, 3.63) is 42.1 Å². The van der Waals surface area contributed by atoms with E-state index in [0.29, 0.717) is 5.41 Å². The van der Waals surface area contributed by atoms with Crippen molar-refractivity contribution in [2.24, 2.45) is 5.41 Å². The minimum Gasteiger partial charge on any atom is -0.380 e. The maximum Gasteiger partial charge on any atom is 0.139 e. The van der Waals surface area contributed by atoms with Crippen LogP contribution in [-0.2, 0) is 11.3 Å². The maximum atomic E-state index is 5.30. The van der Waals surface area contributed by atoms with Gasteiger partial charge in [0, 0.05) is 30.6 Å². The van der Waals surface area contributed by atoms with Crippen molar-refractivity contribution in [3.8, 4) is 11.3 Å². The summed E-state index contributed by atoms with van der Waals surface area (Å²) in [4.78, 5) is 2.41. The lowest BCUT2D eigenvalue weighted by Gasteiger charge is -2.55. The molecule has 3 heterocycles. The fourth-order valence-corrected chi connectivity index (χ4v) is 3.14. The predicted molar refractivity (Wildman–Crippen MR) is 84.2 cm³/mol. The highest BCUT2D eigenvalue weighted by Crippen LogP contribution is 2.37. The highest BCUT2D eigenvalue weighted by atomic mass is 16.5. The second-order valence-electron chi connectivity index (χ2n) is 6.41. The Hall–Kier alpha value is -1.72. The minimum atomic E-state index is 0.468. The van der Waals surface area contributed by atoms with Gasteiger partial charge in [-0.2, -0.15) is 10.2 Å². The zero-order valence-electron chi connectivity index (χ0n) is 12.2. The van der Waals surface area contributed by atoms with Gasteiger partial charge in [0.15, 0.2) is 0 Å². The third-order valence-electron chi connectivity index (χ3n) is 4.39. The molecule has 2 aromatic rings. The molecule has 0 saturated carbocycles. The van der Waals surface area contributed by atoms with Gasteiger partial charge in [-0.1, -0.05) is 29.7 Å². The van der Waals surface area contributed by atoms with E-state index in [1.807, 2.05) is 0 Å². The summed E-state index contributed by atoms with van der Waals surface area (Å²) >= 11 is 0. The van der Waals surface area contributed by atoms with Gasteiger partial charge in [-0.15, -0.1) is 0 Å². The molecule has 0 N–H and O–H groups in total. The zero-order valence-corrected chi connectivity index (χ0v) is 12.2. The minimum absolute atomic E-state index is 0.468. The van der Waals surface area contributed by atoms with E-state index in [-0.39, 0.29) is 0 Å². The van der Waals surface area contributed by atoms with Gasteiger partial charge in [0.05, 0.1) is 24.6 Å². The zero-order chi connectivity index (χ0) is 14.3. The first kappa shape index (κ1) is 13.0. The summed E-state index contributed by atoms with van der Waals surface area (Å²) in [5.41, 5.74) is 4.83. The molecule has 2 aliphatic rings. The van der Waals surface area contributed by atoms with E-state index in [2.05, 4.69) is 59.3 Å². The maximum absolute atomic E-state index is 5.30. The van der Waals surface area contributed by atoms with E-state index in [1.165, 1.54) is 5.46 Å². The Morgan fingerprint density at radius 3 is 2.38 bits per heavy atom. The predicted octanol–water partition coefficient (Wildman–Crippen LogP) is 0.234. The van der Waals surface area contributed by atoms with E-state index >= 15 is 0 Å². The summed E-state index contributed by atoms with van der Waals surface area (Å²) in [6, 6.07) is 12.5. The number of hydrogen-bond donors (Lipinski definition) is 0. The van der Waals surface area contributed by atoms with Crippen LogP contribution < -0.4 is 5.46 Å². The van der Waals surface area contributed by atoms with Crippen molar-refractivity contribution >= 4 is 13.3 Å². The average molecular weight is 279 g/mol. The van der Waals surface area contributed by atoms with E-state index in [1.54, 1.807) is 0 Å². The van der Waals surface area contributed by atoms with Crippen LogP contribution in [0.1, 0.15) is 5.69 Å². The van der Waals surface area contributed by atoms with Gasteiger partial charge in [-0.05, 0) is 12.1 Å². The summed E-state index contributed by atoms with van der Waals surface area (Å²) < 4.78 is 5.30. The lowest BCUT2D eigenvalue weighted by molar-refractivity contribution is -0.191. The summed E-state index contributed by atoms with van der Waals surface area (Å²) in [7, 11) is 2.09. The topological polar surface area (TPSA) is 38.2 Å². The van der Waals surface area contributed by atoms with Crippen molar-refractivity contribution in [2.75, 3.05) is 26.3 Å². The molecule has 0 atom stereocenters. The van der Waals surface area contributed by atoms with Crippen LogP contribution in [0.3, 0.4) is 0 Å². The number of rotatable bonds is 3. The number of nitrogens with zero attached hydrogens (tertiary/aromatic N) is 3. The van der Waals surface area contributed by atoms with Crippen LogP contribution >= 0.6 is 0 Å². The van der Waals surface area contributed by atoms with Crippen LogP contribution in [0.15, 0.2) is 36.4 Å². The second-order valence-corrected chi connectivity index (χ2v) is 6.41. The fraction of sp³-hybridized carbons (Fsp3) is 0.375. The molecule has 106 valence electrons. The molecule has 0 bridgehead atoms. The summed E-state index contributed by atoms with van der Waals surface area (Å²) in [5, 5.41) is 8.73. The Labute approximate surface area is 125 Å². The average Bonchev–Trinajstić information content (AvgIpc) is 2.42. The quantitative estimate of drug-likeness (QED) is 0.754. The van der Waals surface area contributed by atoms with Crippen LogP contribution in [0.5, 0.6) is 0 Å². The Balaban J connectivity index is 1.41. The molecular formula is C16H18BN3O. The number of likely N-dealkylation sites (tertiary alicyclic amines) is 1. The Morgan fingerprint density at radius 1 is 1.05 bits per heavy atom. The van der Waals surface area contributed by atoms with Gasteiger partial charge >= 0.3 is 0 Å². The van der Waals surface area contributed by atoms with E-state index < -0.39 is 0 Å². The largest absolute Gasteiger partial charge is 0.380 e. The molecule has 2 fully saturated rings. The first-order valence-electron chi connectivity index (χ1n) is 7.42. The number of ether oxygens (including phenoxy) is 1. The molecule has 1 aromatic heterocycles. The first-order valence-corrected chi connectivity index (χ1v) is 7.42. The third kappa shape index (κ3) is 2.47. The molecule has 0 radical (unpaired) electrons. The normalized spacial score (nSPS) is 20.0. The molecule has 0 amide bonds. The summed E-state index contributed by atoms with van der Waals surface area (Å²) in [5.74, 6) is 0. The summed E-state index contributed by atoms with van der Waals surface area (Å²) in [6.45, 7) is 5.02. The molecule has 2 saturated heterocycles. The molecule has 4 rings (SSSR count). The SMILES string of the molecule is Bc1ccc(-c2ccc(CN3CC4(COC4)C3)nn2)cc1. The molecule has 1 spiro atoms. The Bertz CT molecular complexity index is 630. The van der Waals surface area contributed by atoms with Gasteiger partial charge in [0.1, 0.15) is 7.85 Å². The van der Waals surface area contributed by atoms with Crippen molar-refractivity contribution in [1.29, 1.82) is 0 Å². The van der Waals surface area contributed by atoms with Gasteiger partial charge in [0.2, 0.25) is 0 Å². The van der Waals surface area contributed by atoms with Crippen LogP contribution in [-0.4, -0.2) is 49.2 Å². The number of benzene rings is 1. The highest BCUT2D eigenvalue weighted by molar-refractivity contribution is 6.32. The van der Waals surface area contributed by atoms with Crippen molar-refractivity contribution in [1.82, 2.24) is 15.1 Å².